The normalized spacial score (nSPS) is 10.2. The Balaban J connectivity index is 1.86. The fourth-order valence-corrected chi connectivity index (χ4v) is 2.11. The van der Waals surface area contributed by atoms with E-state index < -0.39 is 0 Å². The number of fused-ring (bicyclic) bond motifs is 1. The fraction of sp³-hybridized carbons (Fsp3) is 0.0625. The molecule has 102 valence electrons. The fourth-order valence-electron chi connectivity index (χ4n) is 2.11. The van der Waals surface area contributed by atoms with Crippen molar-refractivity contribution >= 4 is 22.7 Å². The molecule has 0 unspecified atom stereocenters. The molecule has 3 aromatic rings. The Bertz CT molecular complexity index is 818. The highest BCUT2D eigenvalue weighted by Gasteiger charge is 2.05. The zero-order valence-electron chi connectivity index (χ0n) is 11.2. The SMILES string of the molecule is N#Cc1ccc(CNc2nc(N)nc3ccccc23)cc1. The molecule has 0 bridgehead atoms. The van der Waals surface area contributed by atoms with E-state index in [4.69, 9.17) is 11.0 Å². The zero-order valence-corrected chi connectivity index (χ0v) is 11.2. The molecular formula is C16H13N5. The molecule has 1 aromatic heterocycles. The summed E-state index contributed by atoms with van der Waals surface area (Å²) in [7, 11) is 0. The van der Waals surface area contributed by atoms with E-state index in [0.717, 1.165) is 16.5 Å². The summed E-state index contributed by atoms with van der Waals surface area (Å²) < 4.78 is 0. The van der Waals surface area contributed by atoms with E-state index >= 15 is 0 Å². The van der Waals surface area contributed by atoms with E-state index in [9.17, 15) is 0 Å². The lowest BCUT2D eigenvalue weighted by Gasteiger charge is -2.09. The van der Waals surface area contributed by atoms with Gasteiger partial charge in [0, 0.05) is 11.9 Å². The van der Waals surface area contributed by atoms with Crippen molar-refractivity contribution in [3.8, 4) is 6.07 Å². The molecule has 0 saturated carbocycles. The molecule has 3 N–H and O–H groups in total. The minimum absolute atomic E-state index is 0.246. The van der Waals surface area contributed by atoms with Crippen LogP contribution >= 0.6 is 0 Å². The molecule has 0 aliphatic rings. The molecule has 5 heteroatoms. The average Bonchev–Trinajstić information content (AvgIpc) is 2.53. The van der Waals surface area contributed by atoms with E-state index in [2.05, 4.69) is 21.4 Å². The highest BCUT2D eigenvalue weighted by molar-refractivity contribution is 5.89. The second kappa shape index (κ2) is 5.47. The van der Waals surface area contributed by atoms with Crippen LogP contribution < -0.4 is 11.1 Å². The largest absolute Gasteiger partial charge is 0.368 e. The van der Waals surface area contributed by atoms with Gasteiger partial charge in [0.1, 0.15) is 5.82 Å². The number of hydrogen-bond acceptors (Lipinski definition) is 5. The van der Waals surface area contributed by atoms with Crippen LogP contribution in [0.25, 0.3) is 10.9 Å². The van der Waals surface area contributed by atoms with Gasteiger partial charge in [0.15, 0.2) is 0 Å². The second-order valence-corrected chi connectivity index (χ2v) is 4.61. The Labute approximate surface area is 122 Å². The molecule has 0 radical (unpaired) electrons. The Kier molecular flexibility index (Phi) is 3.36. The lowest BCUT2D eigenvalue weighted by atomic mass is 10.1. The van der Waals surface area contributed by atoms with Gasteiger partial charge < -0.3 is 11.1 Å². The summed E-state index contributed by atoms with van der Waals surface area (Å²) in [6.07, 6.45) is 0. The van der Waals surface area contributed by atoms with Gasteiger partial charge in [-0.05, 0) is 29.8 Å². The molecule has 5 nitrogen and oxygen atoms in total. The molecule has 0 fully saturated rings. The summed E-state index contributed by atoms with van der Waals surface area (Å²) in [6, 6.07) is 17.2. The maximum atomic E-state index is 8.79. The monoisotopic (exact) mass is 275 g/mol. The van der Waals surface area contributed by atoms with Crippen molar-refractivity contribution in [3.05, 3.63) is 59.7 Å². The van der Waals surface area contributed by atoms with Crippen LogP contribution in [0.15, 0.2) is 48.5 Å². The molecule has 0 spiro atoms. The first-order chi connectivity index (χ1) is 10.3. The molecule has 2 aromatic carbocycles. The number of nitrogens with zero attached hydrogens (tertiary/aromatic N) is 3. The van der Waals surface area contributed by atoms with Crippen molar-refractivity contribution in [2.24, 2.45) is 0 Å². The molecule has 0 aliphatic heterocycles. The van der Waals surface area contributed by atoms with Gasteiger partial charge in [0.25, 0.3) is 0 Å². The predicted molar refractivity (Wildman–Crippen MR) is 82.4 cm³/mol. The average molecular weight is 275 g/mol. The van der Waals surface area contributed by atoms with Gasteiger partial charge in [-0.15, -0.1) is 0 Å². The van der Waals surface area contributed by atoms with E-state index in [1.807, 2.05) is 36.4 Å². The standard InChI is InChI=1S/C16H13N5/c17-9-11-5-7-12(8-6-11)10-19-15-13-3-1-2-4-14(13)20-16(18)21-15/h1-8H,10H2,(H3,18,19,20,21). The predicted octanol–water partition coefficient (Wildman–Crippen LogP) is 2.70. The van der Waals surface area contributed by atoms with Crippen molar-refractivity contribution in [2.75, 3.05) is 11.1 Å². The first kappa shape index (κ1) is 12.9. The van der Waals surface area contributed by atoms with E-state index in [1.54, 1.807) is 12.1 Å². The number of nitriles is 1. The number of nitrogen functional groups attached to an aromatic ring is 1. The molecule has 1 heterocycles. The van der Waals surface area contributed by atoms with E-state index in [-0.39, 0.29) is 5.95 Å². The summed E-state index contributed by atoms with van der Waals surface area (Å²) in [6.45, 7) is 0.603. The van der Waals surface area contributed by atoms with Crippen LogP contribution in [0, 0.1) is 11.3 Å². The quantitative estimate of drug-likeness (QED) is 0.767. The number of hydrogen-bond donors (Lipinski definition) is 2. The Morgan fingerprint density at radius 2 is 1.81 bits per heavy atom. The third-order valence-electron chi connectivity index (χ3n) is 3.16. The molecule has 0 saturated heterocycles. The topological polar surface area (TPSA) is 87.6 Å². The summed E-state index contributed by atoms with van der Waals surface area (Å²) in [4.78, 5) is 8.46. The first-order valence-corrected chi connectivity index (χ1v) is 6.51. The summed E-state index contributed by atoms with van der Waals surface area (Å²) in [5.41, 5.74) is 8.26. The van der Waals surface area contributed by atoms with Crippen LogP contribution in [-0.4, -0.2) is 9.97 Å². The van der Waals surface area contributed by atoms with Gasteiger partial charge in [0.2, 0.25) is 5.95 Å². The van der Waals surface area contributed by atoms with Crippen LogP contribution in [0.2, 0.25) is 0 Å². The van der Waals surface area contributed by atoms with Crippen LogP contribution in [0.3, 0.4) is 0 Å². The number of nitrogens with one attached hydrogen (secondary N) is 1. The smallest absolute Gasteiger partial charge is 0.222 e. The van der Waals surface area contributed by atoms with E-state index in [0.29, 0.717) is 17.9 Å². The minimum Gasteiger partial charge on any atom is -0.368 e. The van der Waals surface area contributed by atoms with Gasteiger partial charge >= 0.3 is 0 Å². The van der Waals surface area contributed by atoms with Crippen molar-refractivity contribution < 1.29 is 0 Å². The summed E-state index contributed by atoms with van der Waals surface area (Å²) >= 11 is 0. The van der Waals surface area contributed by atoms with Gasteiger partial charge in [-0.3, -0.25) is 0 Å². The van der Waals surface area contributed by atoms with Crippen molar-refractivity contribution in [3.63, 3.8) is 0 Å². The number of nitrogens with two attached hydrogens (primary N) is 1. The van der Waals surface area contributed by atoms with Crippen molar-refractivity contribution in [1.82, 2.24) is 9.97 Å². The Morgan fingerprint density at radius 1 is 1.05 bits per heavy atom. The van der Waals surface area contributed by atoms with Gasteiger partial charge in [-0.1, -0.05) is 24.3 Å². The molecular weight excluding hydrogens is 262 g/mol. The maximum Gasteiger partial charge on any atom is 0.222 e. The second-order valence-electron chi connectivity index (χ2n) is 4.61. The number of para-hydroxylation sites is 1. The lowest BCUT2D eigenvalue weighted by molar-refractivity contribution is 1.11. The molecule has 21 heavy (non-hydrogen) atoms. The lowest BCUT2D eigenvalue weighted by Crippen LogP contribution is -2.05. The summed E-state index contributed by atoms with van der Waals surface area (Å²) in [5.74, 6) is 0.957. The first-order valence-electron chi connectivity index (χ1n) is 6.51. The Hall–Kier alpha value is -3.13. The van der Waals surface area contributed by atoms with Gasteiger partial charge in [-0.2, -0.15) is 10.2 Å². The van der Waals surface area contributed by atoms with Gasteiger partial charge in [0.05, 0.1) is 17.1 Å². The molecule has 0 atom stereocenters. The number of rotatable bonds is 3. The molecule has 3 rings (SSSR count). The minimum atomic E-state index is 0.246. The highest BCUT2D eigenvalue weighted by Crippen LogP contribution is 2.21. The Morgan fingerprint density at radius 3 is 2.57 bits per heavy atom. The van der Waals surface area contributed by atoms with E-state index in [1.165, 1.54) is 0 Å². The number of aromatic nitrogens is 2. The maximum absolute atomic E-state index is 8.79. The highest BCUT2D eigenvalue weighted by atomic mass is 15.1. The van der Waals surface area contributed by atoms with Gasteiger partial charge in [-0.25, -0.2) is 4.98 Å². The number of anilines is 2. The van der Waals surface area contributed by atoms with Crippen molar-refractivity contribution in [2.45, 2.75) is 6.54 Å². The van der Waals surface area contributed by atoms with Crippen LogP contribution in [0.1, 0.15) is 11.1 Å². The van der Waals surface area contributed by atoms with Crippen LogP contribution in [0.4, 0.5) is 11.8 Å². The van der Waals surface area contributed by atoms with Crippen LogP contribution in [-0.2, 0) is 6.54 Å². The molecule has 0 amide bonds. The number of benzene rings is 2. The molecule has 0 aliphatic carbocycles. The zero-order chi connectivity index (χ0) is 14.7. The third kappa shape index (κ3) is 2.74. The van der Waals surface area contributed by atoms with Crippen molar-refractivity contribution in [1.29, 1.82) is 5.26 Å². The van der Waals surface area contributed by atoms with Crippen LogP contribution in [0.5, 0.6) is 0 Å². The summed E-state index contributed by atoms with van der Waals surface area (Å²) in [5, 5.41) is 13.0. The third-order valence-corrected chi connectivity index (χ3v) is 3.16.